The number of aliphatic carboxylic acids is 1. The van der Waals surface area contributed by atoms with Crippen molar-refractivity contribution in [3.63, 3.8) is 0 Å². The van der Waals surface area contributed by atoms with Crippen LogP contribution in [0.1, 0.15) is 18.1 Å². The first-order chi connectivity index (χ1) is 14.4. The van der Waals surface area contributed by atoms with E-state index in [1.807, 2.05) is 31.2 Å². The molecule has 3 rings (SSSR count). The first kappa shape index (κ1) is 22.2. The molecule has 0 unspecified atom stereocenters. The van der Waals surface area contributed by atoms with Crippen LogP contribution in [-0.4, -0.2) is 40.3 Å². The molecule has 1 saturated heterocycles. The third-order valence-corrected chi connectivity index (χ3v) is 5.67. The zero-order chi connectivity index (χ0) is 21.7. The van der Waals surface area contributed by atoms with Gasteiger partial charge in [0, 0.05) is 3.57 Å². The minimum absolute atomic E-state index is 0.163. The number of carboxylic acid groups (broad SMARTS) is 1. The number of carbonyl (C=O) groups excluding carboxylic acids is 2. The lowest BCUT2D eigenvalue weighted by atomic mass is 10.1. The third-order valence-electron chi connectivity index (χ3n) is 4.04. The van der Waals surface area contributed by atoms with Crippen LogP contribution in [0.3, 0.4) is 0 Å². The maximum absolute atomic E-state index is 12.3. The van der Waals surface area contributed by atoms with Crippen molar-refractivity contribution in [2.45, 2.75) is 13.5 Å². The van der Waals surface area contributed by atoms with Gasteiger partial charge in [-0.05, 0) is 82.7 Å². The van der Waals surface area contributed by atoms with E-state index >= 15 is 0 Å². The summed E-state index contributed by atoms with van der Waals surface area (Å²) >= 11 is 2.95. The van der Waals surface area contributed by atoms with Gasteiger partial charge in [0.25, 0.3) is 11.1 Å². The summed E-state index contributed by atoms with van der Waals surface area (Å²) in [4.78, 5) is 35.9. The van der Waals surface area contributed by atoms with E-state index in [0.29, 0.717) is 46.9 Å². The van der Waals surface area contributed by atoms with Gasteiger partial charge >= 0.3 is 5.97 Å². The van der Waals surface area contributed by atoms with Crippen molar-refractivity contribution in [3.8, 4) is 11.5 Å². The van der Waals surface area contributed by atoms with Crippen molar-refractivity contribution in [1.29, 1.82) is 0 Å². The average Bonchev–Trinajstić information content (AvgIpc) is 2.96. The second-order valence-electron chi connectivity index (χ2n) is 6.22. The number of halogens is 1. The van der Waals surface area contributed by atoms with E-state index in [1.165, 1.54) is 6.08 Å². The Morgan fingerprint density at radius 1 is 1.13 bits per heavy atom. The molecule has 0 aliphatic carbocycles. The fraction of sp³-hybridized carbons (Fsp3) is 0.190. The van der Waals surface area contributed by atoms with Crippen LogP contribution in [0.15, 0.2) is 47.4 Å². The zero-order valence-electron chi connectivity index (χ0n) is 16.0. The molecule has 1 N–H and O–H groups in total. The summed E-state index contributed by atoms with van der Waals surface area (Å²) in [6.45, 7) is 2.01. The standard InChI is InChI=1S/C21H18INO6S/c1-2-28-17-9-14(10-18-20(26)23(11-19(24)25)21(27)30-18)5-8-16(17)29-12-13-3-6-15(22)7-4-13/h3-10H,2,11-12H2,1H3,(H,24,25)/b18-10+. The summed E-state index contributed by atoms with van der Waals surface area (Å²) in [5.74, 6) is -0.788. The van der Waals surface area contributed by atoms with Crippen molar-refractivity contribution in [2.75, 3.05) is 13.2 Å². The van der Waals surface area contributed by atoms with Crippen molar-refractivity contribution in [2.24, 2.45) is 0 Å². The third kappa shape index (κ3) is 5.54. The highest BCUT2D eigenvalue weighted by molar-refractivity contribution is 14.1. The van der Waals surface area contributed by atoms with Gasteiger partial charge < -0.3 is 14.6 Å². The molecule has 1 aliphatic rings. The molecule has 1 aliphatic heterocycles. The summed E-state index contributed by atoms with van der Waals surface area (Å²) in [5, 5.41) is 8.25. The fourth-order valence-electron chi connectivity index (χ4n) is 2.67. The normalized spacial score (nSPS) is 15.0. The number of ether oxygens (including phenoxy) is 2. The van der Waals surface area contributed by atoms with Gasteiger partial charge in [-0.15, -0.1) is 0 Å². The number of hydrogen-bond donors (Lipinski definition) is 1. The van der Waals surface area contributed by atoms with E-state index in [2.05, 4.69) is 22.6 Å². The van der Waals surface area contributed by atoms with Crippen LogP contribution in [0.5, 0.6) is 11.5 Å². The average molecular weight is 539 g/mol. The molecule has 1 fully saturated rings. The Kier molecular flexibility index (Phi) is 7.38. The van der Waals surface area contributed by atoms with Crippen LogP contribution in [0, 0.1) is 3.57 Å². The molecule has 156 valence electrons. The van der Waals surface area contributed by atoms with Crippen LogP contribution in [-0.2, 0) is 16.2 Å². The number of carbonyl (C=O) groups is 3. The van der Waals surface area contributed by atoms with Gasteiger partial charge in [0.15, 0.2) is 11.5 Å². The number of amides is 2. The quantitative estimate of drug-likeness (QED) is 0.393. The largest absolute Gasteiger partial charge is 0.490 e. The van der Waals surface area contributed by atoms with Gasteiger partial charge in [-0.1, -0.05) is 18.2 Å². The molecule has 2 aromatic rings. The van der Waals surface area contributed by atoms with Crippen LogP contribution in [0.2, 0.25) is 0 Å². The molecule has 7 nitrogen and oxygen atoms in total. The van der Waals surface area contributed by atoms with E-state index in [0.717, 1.165) is 9.13 Å². The van der Waals surface area contributed by atoms with Crippen molar-refractivity contribution < 1.29 is 29.0 Å². The number of thioether (sulfide) groups is 1. The minimum Gasteiger partial charge on any atom is -0.490 e. The van der Waals surface area contributed by atoms with Crippen LogP contribution in [0.4, 0.5) is 4.79 Å². The lowest BCUT2D eigenvalue weighted by molar-refractivity contribution is -0.140. The molecule has 0 radical (unpaired) electrons. The van der Waals surface area contributed by atoms with Crippen molar-refractivity contribution >= 4 is 57.5 Å². The van der Waals surface area contributed by atoms with E-state index in [9.17, 15) is 14.4 Å². The number of imide groups is 1. The Hall–Kier alpha value is -2.53. The van der Waals surface area contributed by atoms with Crippen molar-refractivity contribution in [1.82, 2.24) is 4.90 Å². The maximum atomic E-state index is 12.3. The van der Waals surface area contributed by atoms with E-state index in [1.54, 1.807) is 18.2 Å². The zero-order valence-corrected chi connectivity index (χ0v) is 18.9. The Bertz CT molecular complexity index is 1010. The first-order valence-corrected chi connectivity index (χ1v) is 10.9. The molecule has 0 atom stereocenters. The minimum atomic E-state index is -1.24. The maximum Gasteiger partial charge on any atom is 0.323 e. The number of carboxylic acids is 1. The molecule has 2 aromatic carbocycles. The summed E-state index contributed by atoms with van der Waals surface area (Å²) in [5.41, 5.74) is 1.66. The van der Waals surface area contributed by atoms with E-state index in [4.69, 9.17) is 14.6 Å². The molecule has 0 saturated carbocycles. The highest BCUT2D eigenvalue weighted by Crippen LogP contribution is 2.34. The lowest BCUT2D eigenvalue weighted by Gasteiger charge is -2.13. The summed E-state index contributed by atoms with van der Waals surface area (Å²) < 4.78 is 12.7. The molecule has 0 bridgehead atoms. The van der Waals surface area contributed by atoms with Gasteiger partial charge in [-0.25, -0.2) is 0 Å². The number of hydrogen-bond acceptors (Lipinski definition) is 6. The van der Waals surface area contributed by atoms with Gasteiger partial charge in [0.1, 0.15) is 13.2 Å². The SMILES string of the molecule is CCOc1cc(/C=C2/SC(=O)N(CC(=O)O)C2=O)ccc1OCc1ccc(I)cc1. The lowest BCUT2D eigenvalue weighted by Crippen LogP contribution is -2.33. The highest BCUT2D eigenvalue weighted by Gasteiger charge is 2.36. The van der Waals surface area contributed by atoms with E-state index in [-0.39, 0.29) is 4.91 Å². The van der Waals surface area contributed by atoms with E-state index < -0.39 is 23.7 Å². The summed E-state index contributed by atoms with van der Waals surface area (Å²) in [7, 11) is 0. The second kappa shape index (κ2) is 9.98. The predicted octanol–water partition coefficient (Wildman–Crippen LogP) is 4.39. The molecule has 2 amide bonds. The number of nitrogens with zero attached hydrogens (tertiary/aromatic N) is 1. The molecule has 30 heavy (non-hydrogen) atoms. The van der Waals surface area contributed by atoms with Gasteiger partial charge in [0.2, 0.25) is 0 Å². The molecule has 1 heterocycles. The fourth-order valence-corrected chi connectivity index (χ4v) is 3.86. The summed E-state index contributed by atoms with van der Waals surface area (Å²) in [6.07, 6.45) is 1.54. The van der Waals surface area contributed by atoms with Crippen LogP contribution < -0.4 is 9.47 Å². The summed E-state index contributed by atoms with van der Waals surface area (Å²) in [6, 6.07) is 13.2. The smallest absolute Gasteiger partial charge is 0.323 e. The highest BCUT2D eigenvalue weighted by atomic mass is 127. The van der Waals surface area contributed by atoms with Crippen LogP contribution in [0.25, 0.3) is 6.08 Å². The van der Waals surface area contributed by atoms with Gasteiger partial charge in [-0.2, -0.15) is 0 Å². The Morgan fingerprint density at radius 3 is 2.53 bits per heavy atom. The number of benzene rings is 2. The molecule has 0 aromatic heterocycles. The Labute approximate surface area is 191 Å². The topological polar surface area (TPSA) is 93.1 Å². The van der Waals surface area contributed by atoms with Crippen molar-refractivity contribution in [3.05, 3.63) is 62.1 Å². The van der Waals surface area contributed by atoms with Crippen LogP contribution >= 0.6 is 34.4 Å². The molecular formula is C21H18INO6S. The molecule has 9 heteroatoms. The molecule has 0 spiro atoms. The predicted molar refractivity (Wildman–Crippen MR) is 121 cm³/mol. The first-order valence-electron chi connectivity index (χ1n) is 8.98. The Balaban J connectivity index is 1.78. The Morgan fingerprint density at radius 2 is 1.87 bits per heavy atom. The second-order valence-corrected chi connectivity index (χ2v) is 8.45. The van der Waals surface area contributed by atoms with Gasteiger partial charge in [0.05, 0.1) is 11.5 Å². The monoisotopic (exact) mass is 539 g/mol. The van der Waals surface area contributed by atoms with Gasteiger partial charge in [-0.3, -0.25) is 19.3 Å². The number of rotatable bonds is 8. The molecular weight excluding hydrogens is 521 g/mol.